The standard InChI is InChI=1S/C12H18N2OS/c1-2-16-8-4-7-15-11-6-3-5-10(9-11)12(13)14/h3,5-6,9H,2,4,7-8H2,1H3,(H3,13,14). The number of thioether (sulfide) groups is 1. The van der Waals surface area contributed by atoms with Crippen molar-refractivity contribution in [3.63, 3.8) is 0 Å². The lowest BCUT2D eigenvalue weighted by molar-refractivity contribution is 0.318. The van der Waals surface area contributed by atoms with Crippen LogP contribution in [0.25, 0.3) is 0 Å². The molecule has 4 heteroatoms. The van der Waals surface area contributed by atoms with Crippen molar-refractivity contribution in [1.82, 2.24) is 0 Å². The van der Waals surface area contributed by atoms with Crippen LogP contribution in [0.2, 0.25) is 0 Å². The van der Waals surface area contributed by atoms with Crippen LogP contribution >= 0.6 is 11.8 Å². The predicted molar refractivity (Wildman–Crippen MR) is 70.6 cm³/mol. The van der Waals surface area contributed by atoms with Crippen molar-refractivity contribution in [3.05, 3.63) is 29.8 Å². The van der Waals surface area contributed by atoms with Crippen LogP contribution in [0.3, 0.4) is 0 Å². The minimum atomic E-state index is 0.0759. The van der Waals surface area contributed by atoms with Crippen LogP contribution in [0.15, 0.2) is 24.3 Å². The highest BCUT2D eigenvalue weighted by Crippen LogP contribution is 2.13. The van der Waals surface area contributed by atoms with Gasteiger partial charge in [0, 0.05) is 5.56 Å². The Morgan fingerprint density at radius 1 is 1.50 bits per heavy atom. The molecular formula is C12H18N2OS. The molecule has 0 aromatic heterocycles. The molecule has 0 fully saturated rings. The number of amidine groups is 1. The molecule has 0 amide bonds. The van der Waals surface area contributed by atoms with E-state index >= 15 is 0 Å². The van der Waals surface area contributed by atoms with Crippen LogP contribution < -0.4 is 10.5 Å². The Balaban J connectivity index is 2.36. The second kappa shape index (κ2) is 7.17. The van der Waals surface area contributed by atoms with Gasteiger partial charge in [0.15, 0.2) is 0 Å². The summed E-state index contributed by atoms with van der Waals surface area (Å²) in [5.41, 5.74) is 6.11. The summed E-state index contributed by atoms with van der Waals surface area (Å²) in [5, 5.41) is 7.32. The first-order valence-electron chi connectivity index (χ1n) is 5.39. The monoisotopic (exact) mass is 238 g/mol. The van der Waals surface area contributed by atoms with Crippen LogP contribution in [0, 0.1) is 5.41 Å². The summed E-state index contributed by atoms with van der Waals surface area (Å²) < 4.78 is 5.58. The third-order valence-corrected chi connectivity index (χ3v) is 3.04. The molecule has 0 aliphatic heterocycles. The average Bonchev–Trinajstić information content (AvgIpc) is 2.29. The fourth-order valence-corrected chi connectivity index (χ4v) is 1.86. The Bertz CT molecular complexity index is 342. The first-order chi connectivity index (χ1) is 7.74. The lowest BCUT2D eigenvalue weighted by Gasteiger charge is -2.07. The number of nitrogens with one attached hydrogen (secondary N) is 1. The van der Waals surface area contributed by atoms with Crippen molar-refractivity contribution in [1.29, 1.82) is 5.41 Å². The first kappa shape index (κ1) is 12.9. The molecule has 16 heavy (non-hydrogen) atoms. The Kier molecular flexibility index (Phi) is 5.78. The van der Waals surface area contributed by atoms with E-state index in [1.807, 2.05) is 30.0 Å². The van der Waals surface area contributed by atoms with Crippen molar-refractivity contribution >= 4 is 17.6 Å². The van der Waals surface area contributed by atoms with Gasteiger partial charge in [0.05, 0.1) is 6.61 Å². The summed E-state index contributed by atoms with van der Waals surface area (Å²) in [6, 6.07) is 7.35. The maximum absolute atomic E-state index is 7.32. The highest BCUT2D eigenvalue weighted by Gasteiger charge is 1.99. The molecule has 88 valence electrons. The van der Waals surface area contributed by atoms with E-state index in [1.165, 1.54) is 0 Å². The van der Waals surface area contributed by atoms with Crippen molar-refractivity contribution in [3.8, 4) is 5.75 Å². The van der Waals surface area contributed by atoms with Crippen molar-refractivity contribution in [2.24, 2.45) is 5.73 Å². The average molecular weight is 238 g/mol. The molecule has 0 spiro atoms. The van der Waals surface area contributed by atoms with E-state index in [0.29, 0.717) is 12.2 Å². The molecule has 1 rings (SSSR count). The van der Waals surface area contributed by atoms with Gasteiger partial charge in [-0.05, 0) is 30.1 Å². The number of hydrogen-bond donors (Lipinski definition) is 2. The summed E-state index contributed by atoms with van der Waals surface area (Å²) in [6.07, 6.45) is 1.04. The molecule has 0 saturated heterocycles. The summed E-state index contributed by atoms with van der Waals surface area (Å²) in [6.45, 7) is 2.87. The molecule has 0 saturated carbocycles. The largest absolute Gasteiger partial charge is 0.494 e. The zero-order valence-corrected chi connectivity index (χ0v) is 10.3. The van der Waals surface area contributed by atoms with E-state index in [4.69, 9.17) is 15.9 Å². The molecule has 0 atom stereocenters. The minimum absolute atomic E-state index is 0.0759. The summed E-state index contributed by atoms with van der Waals surface area (Å²) >= 11 is 1.92. The van der Waals surface area contributed by atoms with E-state index in [2.05, 4.69) is 6.92 Å². The molecule has 3 N–H and O–H groups in total. The predicted octanol–water partition coefficient (Wildman–Crippen LogP) is 2.49. The maximum atomic E-state index is 7.32. The second-order valence-corrected chi connectivity index (χ2v) is 4.73. The van der Waals surface area contributed by atoms with E-state index in [1.54, 1.807) is 6.07 Å². The summed E-state index contributed by atoms with van der Waals surface area (Å²) in [4.78, 5) is 0. The molecule has 1 aromatic rings. The zero-order chi connectivity index (χ0) is 11.8. The van der Waals surface area contributed by atoms with Gasteiger partial charge in [-0.2, -0.15) is 11.8 Å². The van der Waals surface area contributed by atoms with Gasteiger partial charge >= 0.3 is 0 Å². The molecule has 0 aliphatic carbocycles. The van der Waals surface area contributed by atoms with Gasteiger partial charge in [-0.25, -0.2) is 0 Å². The Labute approximate surface area is 101 Å². The van der Waals surface area contributed by atoms with E-state index < -0.39 is 0 Å². The SMILES string of the molecule is CCSCCCOc1cccc(C(=N)N)c1. The van der Waals surface area contributed by atoms with Gasteiger partial charge in [-0.3, -0.25) is 5.41 Å². The van der Waals surface area contributed by atoms with Gasteiger partial charge in [-0.1, -0.05) is 19.1 Å². The lowest BCUT2D eigenvalue weighted by Crippen LogP contribution is -2.11. The Hall–Kier alpha value is -1.16. The van der Waals surface area contributed by atoms with E-state index in [0.717, 1.165) is 23.7 Å². The fraction of sp³-hybridized carbons (Fsp3) is 0.417. The van der Waals surface area contributed by atoms with Gasteiger partial charge in [0.2, 0.25) is 0 Å². The summed E-state index contributed by atoms with van der Waals surface area (Å²) in [5.74, 6) is 3.14. The fourth-order valence-electron chi connectivity index (χ4n) is 1.25. The molecule has 0 aliphatic rings. The van der Waals surface area contributed by atoms with Crippen LogP contribution in [-0.4, -0.2) is 23.9 Å². The smallest absolute Gasteiger partial charge is 0.122 e. The van der Waals surface area contributed by atoms with Crippen LogP contribution in [0.1, 0.15) is 18.9 Å². The van der Waals surface area contributed by atoms with E-state index in [-0.39, 0.29) is 5.84 Å². The molecule has 0 heterocycles. The molecule has 1 aromatic carbocycles. The Morgan fingerprint density at radius 2 is 2.31 bits per heavy atom. The molecule has 0 bridgehead atoms. The number of benzene rings is 1. The molecule has 3 nitrogen and oxygen atoms in total. The minimum Gasteiger partial charge on any atom is -0.494 e. The molecular weight excluding hydrogens is 220 g/mol. The number of nitrogen functional groups attached to an aromatic ring is 1. The maximum Gasteiger partial charge on any atom is 0.122 e. The Morgan fingerprint density at radius 3 is 3.00 bits per heavy atom. The van der Waals surface area contributed by atoms with Crippen molar-refractivity contribution < 1.29 is 4.74 Å². The van der Waals surface area contributed by atoms with Crippen LogP contribution in [0.5, 0.6) is 5.75 Å². The van der Waals surface area contributed by atoms with Crippen molar-refractivity contribution in [2.45, 2.75) is 13.3 Å². The summed E-state index contributed by atoms with van der Waals surface area (Å²) in [7, 11) is 0. The van der Waals surface area contributed by atoms with Crippen LogP contribution in [0.4, 0.5) is 0 Å². The lowest BCUT2D eigenvalue weighted by atomic mass is 10.2. The van der Waals surface area contributed by atoms with Gasteiger partial charge in [0.1, 0.15) is 11.6 Å². The second-order valence-electron chi connectivity index (χ2n) is 3.34. The molecule has 0 unspecified atom stereocenters. The highest BCUT2D eigenvalue weighted by atomic mass is 32.2. The zero-order valence-electron chi connectivity index (χ0n) is 9.53. The highest BCUT2D eigenvalue weighted by molar-refractivity contribution is 7.99. The van der Waals surface area contributed by atoms with Gasteiger partial charge < -0.3 is 10.5 Å². The topological polar surface area (TPSA) is 59.1 Å². The third-order valence-electron chi connectivity index (χ3n) is 2.05. The number of rotatable bonds is 7. The quantitative estimate of drug-likeness (QED) is 0.436. The van der Waals surface area contributed by atoms with E-state index in [9.17, 15) is 0 Å². The van der Waals surface area contributed by atoms with Crippen molar-refractivity contribution in [2.75, 3.05) is 18.1 Å². The van der Waals surface area contributed by atoms with Crippen LogP contribution in [-0.2, 0) is 0 Å². The number of ether oxygens (including phenoxy) is 1. The van der Waals surface area contributed by atoms with Gasteiger partial charge in [0.25, 0.3) is 0 Å². The van der Waals surface area contributed by atoms with Gasteiger partial charge in [-0.15, -0.1) is 0 Å². The molecule has 0 radical (unpaired) electrons. The normalized spacial score (nSPS) is 10.1. The number of nitrogens with two attached hydrogens (primary N) is 1. The number of hydrogen-bond acceptors (Lipinski definition) is 3. The first-order valence-corrected chi connectivity index (χ1v) is 6.54. The third kappa shape index (κ3) is 4.57.